The van der Waals surface area contributed by atoms with Gasteiger partial charge in [0.05, 0.1) is 25.2 Å². The number of nitrogens with one attached hydrogen (secondary N) is 1. The Labute approximate surface area is 363 Å². The highest BCUT2D eigenvalue weighted by Crippen LogP contribution is 2.16. The van der Waals surface area contributed by atoms with Crippen molar-refractivity contribution in [2.45, 2.75) is 232 Å². The van der Waals surface area contributed by atoms with E-state index in [-0.39, 0.29) is 24.9 Å². The van der Waals surface area contributed by atoms with Crippen molar-refractivity contribution in [1.82, 2.24) is 5.32 Å². The Morgan fingerprint density at radius 2 is 1.00 bits per heavy atom. The zero-order chi connectivity index (χ0) is 43.1. The molecule has 0 aromatic carbocycles. The zero-order valence-electron chi connectivity index (χ0n) is 38.4. The quantitative estimate of drug-likeness (QED) is 0.0247. The van der Waals surface area contributed by atoms with Crippen LogP contribution in [0.2, 0.25) is 0 Å². The number of aliphatic hydroxyl groups excluding tert-OH is 2. The molecule has 6 nitrogen and oxygen atoms in total. The van der Waals surface area contributed by atoms with E-state index in [1.165, 1.54) is 70.6 Å². The van der Waals surface area contributed by atoms with Crippen molar-refractivity contribution < 1.29 is 24.5 Å². The third kappa shape index (κ3) is 41.6. The van der Waals surface area contributed by atoms with Gasteiger partial charge in [0, 0.05) is 6.42 Å². The highest BCUT2D eigenvalue weighted by atomic mass is 16.5. The molecule has 0 saturated heterocycles. The molecule has 0 saturated carbocycles. The molecule has 0 aliphatic heterocycles. The highest BCUT2D eigenvalue weighted by molar-refractivity contribution is 5.77. The van der Waals surface area contributed by atoms with Crippen LogP contribution in [0.15, 0.2) is 85.1 Å². The molecule has 0 heterocycles. The molecule has 0 rings (SSSR count). The standard InChI is InChI=1S/C53H91NO5/c1-4-7-10-13-16-19-22-24-25-26-27-29-30-32-35-38-41-44-49(59-53(58)46-43-40-37-34-31-28-23-20-17-14-11-8-5-2)47-52(57)54-50(48-55)51(56)45-42-39-36-33-21-18-15-12-9-6-3/h8,11,14,16-17,19-20,23-25,27,29,32,35,49-51,55-56H,4-7,9-10,12-13,15,18,21-22,26,28,30-31,33-34,36-48H2,1-3H3,(H,54,57)/b11-8+,17-14+,19-16-,23-20-,25-24-,29-27-,35-32-. The Morgan fingerprint density at radius 1 is 0.525 bits per heavy atom. The molecular weight excluding hydrogens is 731 g/mol. The lowest BCUT2D eigenvalue weighted by Gasteiger charge is -2.24. The lowest BCUT2D eigenvalue weighted by molar-refractivity contribution is -0.151. The number of hydrogen-bond donors (Lipinski definition) is 3. The van der Waals surface area contributed by atoms with Crippen LogP contribution >= 0.6 is 0 Å². The summed E-state index contributed by atoms with van der Waals surface area (Å²) in [4.78, 5) is 26.0. The van der Waals surface area contributed by atoms with Gasteiger partial charge in [0.25, 0.3) is 0 Å². The molecule has 0 radical (unpaired) electrons. The van der Waals surface area contributed by atoms with E-state index < -0.39 is 18.2 Å². The fourth-order valence-electron chi connectivity index (χ4n) is 6.83. The number of esters is 1. The normalized spacial score (nSPS) is 14.1. The van der Waals surface area contributed by atoms with Crippen LogP contribution < -0.4 is 5.32 Å². The van der Waals surface area contributed by atoms with E-state index in [0.717, 1.165) is 96.3 Å². The average molecular weight is 822 g/mol. The molecule has 0 spiro atoms. The van der Waals surface area contributed by atoms with E-state index in [2.05, 4.69) is 111 Å². The van der Waals surface area contributed by atoms with Crippen LogP contribution in [0.4, 0.5) is 0 Å². The van der Waals surface area contributed by atoms with Crippen molar-refractivity contribution in [2.75, 3.05) is 6.61 Å². The topological polar surface area (TPSA) is 95.9 Å². The summed E-state index contributed by atoms with van der Waals surface area (Å²) < 4.78 is 5.88. The second-order valence-electron chi connectivity index (χ2n) is 16.2. The van der Waals surface area contributed by atoms with Crippen molar-refractivity contribution in [1.29, 1.82) is 0 Å². The van der Waals surface area contributed by atoms with Gasteiger partial charge in [-0.2, -0.15) is 0 Å². The lowest BCUT2D eigenvalue weighted by Crippen LogP contribution is -2.46. The first kappa shape index (κ1) is 56.0. The summed E-state index contributed by atoms with van der Waals surface area (Å²) >= 11 is 0. The molecule has 3 N–H and O–H groups in total. The Hall–Kier alpha value is -2.96. The van der Waals surface area contributed by atoms with Crippen LogP contribution in [0.1, 0.15) is 213 Å². The fourth-order valence-corrected chi connectivity index (χ4v) is 6.83. The summed E-state index contributed by atoms with van der Waals surface area (Å²) in [5.74, 6) is -0.560. The van der Waals surface area contributed by atoms with Crippen LogP contribution in [0.5, 0.6) is 0 Å². The van der Waals surface area contributed by atoms with Gasteiger partial charge < -0.3 is 20.3 Å². The smallest absolute Gasteiger partial charge is 0.306 e. The van der Waals surface area contributed by atoms with Crippen molar-refractivity contribution in [3.63, 3.8) is 0 Å². The second-order valence-corrected chi connectivity index (χ2v) is 16.2. The van der Waals surface area contributed by atoms with Crippen LogP contribution in [0.25, 0.3) is 0 Å². The first-order valence-electron chi connectivity index (χ1n) is 24.3. The maximum Gasteiger partial charge on any atom is 0.306 e. The van der Waals surface area contributed by atoms with Gasteiger partial charge in [-0.05, 0) is 83.5 Å². The minimum atomic E-state index is -0.808. The minimum Gasteiger partial charge on any atom is -0.462 e. The average Bonchev–Trinajstić information content (AvgIpc) is 3.23. The number of aliphatic hydroxyl groups is 2. The van der Waals surface area contributed by atoms with Crippen LogP contribution in [0, 0.1) is 0 Å². The maximum atomic E-state index is 13.2. The summed E-state index contributed by atoms with van der Waals surface area (Å²) in [6.45, 7) is 6.27. The maximum absolute atomic E-state index is 13.2. The fraction of sp³-hybridized carbons (Fsp3) is 0.698. The summed E-state index contributed by atoms with van der Waals surface area (Å²) in [5, 5.41) is 23.6. The Balaban J connectivity index is 4.76. The van der Waals surface area contributed by atoms with Gasteiger partial charge in [-0.15, -0.1) is 0 Å². The van der Waals surface area contributed by atoms with Crippen LogP contribution in [-0.4, -0.2) is 46.9 Å². The SMILES string of the molecule is CC/C=C/C=C/C=C\CCCCCCCC(=O)OC(CCC/C=C\C/C=C\C/C=C\C/C=C\CCCCC)CC(=O)NC(CO)C(O)CCCCCCCCCCCC. The monoisotopic (exact) mass is 822 g/mol. The number of ether oxygens (including phenoxy) is 1. The zero-order valence-corrected chi connectivity index (χ0v) is 38.4. The first-order chi connectivity index (χ1) is 29.0. The summed E-state index contributed by atoms with van der Waals surface area (Å²) in [6.07, 6.45) is 59.3. The molecule has 6 heteroatoms. The molecule has 0 aromatic rings. The Kier molecular flexibility index (Phi) is 43.8. The van der Waals surface area contributed by atoms with Gasteiger partial charge in [0.2, 0.25) is 5.91 Å². The predicted molar refractivity (Wildman–Crippen MR) is 254 cm³/mol. The first-order valence-corrected chi connectivity index (χ1v) is 24.3. The molecule has 0 fully saturated rings. The third-order valence-electron chi connectivity index (χ3n) is 10.5. The van der Waals surface area contributed by atoms with E-state index in [4.69, 9.17) is 4.74 Å². The number of rotatable bonds is 42. The van der Waals surface area contributed by atoms with Gasteiger partial charge in [-0.1, -0.05) is 202 Å². The Bertz CT molecular complexity index is 1150. The number of unbranched alkanes of at least 4 members (excludes halogenated alkanes) is 18. The van der Waals surface area contributed by atoms with E-state index in [1.54, 1.807) is 0 Å². The summed E-state index contributed by atoms with van der Waals surface area (Å²) in [7, 11) is 0. The minimum absolute atomic E-state index is 0.0272. The molecular formula is C53H91NO5. The van der Waals surface area contributed by atoms with E-state index in [0.29, 0.717) is 19.3 Å². The number of carbonyl (C=O) groups is 2. The molecule has 59 heavy (non-hydrogen) atoms. The highest BCUT2D eigenvalue weighted by Gasteiger charge is 2.24. The van der Waals surface area contributed by atoms with E-state index >= 15 is 0 Å². The number of carbonyl (C=O) groups excluding carboxylic acids is 2. The van der Waals surface area contributed by atoms with Crippen molar-refractivity contribution in [3.05, 3.63) is 85.1 Å². The molecule has 338 valence electrons. The van der Waals surface area contributed by atoms with Gasteiger partial charge in [-0.25, -0.2) is 0 Å². The molecule has 0 bridgehead atoms. The lowest BCUT2D eigenvalue weighted by atomic mass is 10.0. The van der Waals surface area contributed by atoms with Crippen molar-refractivity contribution in [3.8, 4) is 0 Å². The second kappa shape index (κ2) is 46.1. The van der Waals surface area contributed by atoms with Gasteiger partial charge in [0.15, 0.2) is 0 Å². The molecule has 1 amide bonds. The van der Waals surface area contributed by atoms with Gasteiger partial charge in [-0.3, -0.25) is 9.59 Å². The summed E-state index contributed by atoms with van der Waals surface area (Å²) in [5.41, 5.74) is 0. The molecule has 3 atom stereocenters. The van der Waals surface area contributed by atoms with Gasteiger partial charge in [0.1, 0.15) is 6.10 Å². The van der Waals surface area contributed by atoms with Crippen molar-refractivity contribution in [2.24, 2.45) is 0 Å². The van der Waals surface area contributed by atoms with Crippen LogP contribution in [0.3, 0.4) is 0 Å². The van der Waals surface area contributed by atoms with E-state index in [9.17, 15) is 19.8 Å². The molecule has 0 aliphatic rings. The van der Waals surface area contributed by atoms with E-state index in [1.807, 2.05) is 0 Å². The van der Waals surface area contributed by atoms with Gasteiger partial charge >= 0.3 is 5.97 Å². The largest absolute Gasteiger partial charge is 0.462 e. The van der Waals surface area contributed by atoms with Crippen molar-refractivity contribution >= 4 is 11.9 Å². The number of amides is 1. The van der Waals surface area contributed by atoms with Crippen LogP contribution in [-0.2, 0) is 14.3 Å². The Morgan fingerprint density at radius 3 is 1.59 bits per heavy atom. The molecule has 0 aliphatic carbocycles. The molecule has 3 unspecified atom stereocenters. The third-order valence-corrected chi connectivity index (χ3v) is 10.5. The number of allylic oxidation sites excluding steroid dienone is 14. The predicted octanol–water partition coefficient (Wildman–Crippen LogP) is 14.4. The number of hydrogen-bond acceptors (Lipinski definition) is 5. The molecule has 0 aromatic heterocycles. The summed E-state index contributed by atoms with van der Waals surface area (Å²) in [6, 6.07) is -0.726.